The molecule has 1 aliphatic heterocycles. The van der Waals surface area contributed by atoms with Crippen LogP contribution in [0.2, 0.25) is 0 Å². The van der Waals surface area contributed by atoms with Crippen LogP contribution in [0.5, 0.6) is 0 Å². The van der Waals surface area contributed by atoms with Crippen LogP contribution in [0, 0.1) is 0 Å². The number of piperidine rings is 1. The van der Waals surface area contributed by atoms with Gasteiger partial charge in [-0.05, 0) is 39.0 Å². The Morgan fingerprint density at radius 3 is 2.57 bits per heavy atom. The van der Waals surface area contributed by atoms with Crippen molar-refractivity contribution >= 4 is 28.2 Å². The minimum absolute atomic E-state index is 0.0577. The lowest BCUT2D eigenvalue weighted by atomic mass is 10.0. The van der Waals surface area contributed by atoms with Crippen LogP contribution >= 0.6 is 11.3 Å². The van der Waals surface area contributed by atoms with E-state index in [9.17, 15) is 4.79 Å². The number of nitrogens with zero attached hydrogens (tertiary/aromatic N) is 2. The lowest BCUT2D eigenvalue weighted by Gasteiger charge is -2.26. The Labute approximate surface area is 129 Å². The van der Waals surface area contributed by atoms with Crippen molar-refractivity contribution in [3.05, 3.63) is 4.88 Å². The molecule has 21 heavy (non-hydrogen) atoms. The number of carbonyl (C=O) groups excluding carboxylic acids is 1. The molecule has 2 heterocycles. The van der Waals surface area contributed by atoms with Gasteiger partial charge in [0.2, 0.25) is 0 Å². The highest BCUT2D eigenvalue weighted by Gasteiger charge is 2.32. The Morgan fingerprint density at radius 2 is 1.90 bits per heavy atom. The lowest BCUT2D eigenvalue weighted by Crippen LogP contribution is -2.43. The van der Waals surface area contributed by atoms with Gasteiger partial charge in [0, 0.05) is 18.6 Å². The molecule has 0 radical (unpaired) electrons. The smallest absolute Gasteiger partial charge is 0.265 e. The highest BCUT2D eigenvalue weighted by atomic mass is 32.1. The summed E-state index contributed by atoms with van der Waals surface area (Å²) in [5, 5.41) is 4.06. The second kappa shape index (κ2) is 5.83. The minimum Gasteiger partial charge on any atom is -0.382 e. The van der Waals surface area contributed by atoms with Crippen molar-refractivity contribution in [2.75, 3.05) is 23.7 Å². The molecule has 0 unspecified atom stereocenters. The Bertz CT molecular complexity index is 516. The monoisotopic (exact) mass is 308 g/mol. The summed E-state index contributed by atoms with van der Waals surface area (Å²) in [7, 11) is 0. The second-order valence-corrected chi connectivity index (χ2v) is 7.46. The van der Waals surface area contributed by atoms with Crippen molar-refractivity contribution in [2.45, 2.75) is 57.4 Å². The number of hydrogen-bond acceptors (Lipinski definition) is 5. The van der Waals surface area contributed by atoms with E-state index in [1.54, 1.807) is 0 Å². The van der Waals surface area contributed by atoms with Gasteiger partial charge < -0.3 is 16.0 Å². The first-order chi connectivity index (χ1) is 10.1. The normalized spacial score (nSPS) is 21.5. The molecule has 1 aliphatic carbocycles. The van der Waals surface area contributed by atoms with E-state index in [1.165, 1.54) is 43.4 Å². The summed E-state index contributed by atoms with van der Waals surface area (Å²) in [5.74, 6) is 0.317. The molecule has 1 amide bonds. The predicted molar refractivity (Wildman–Crippen MR) is 86.9 cm³/mol. The first-order valence-corrected chi connectivity index (χ1v) is 8.73. The standard InChI is InChI=1S/C15H24N4OS/c1-15(7-3-4-8-15)18-13(20)11-12(16)17-14(21-11)19-9-5-2-6-10-19/h2-10,16H2,1H3,(H,18,20). The summed E-state index contributed by atoms with van der Waals surface area (Å²) >= 11 is 1.43. The summed E-state index contributed by atoms with van der Waals surface area (Å²) in [4.78, 5) is 19.7. The van der Waals surface area contributed by atoms with Gasteiger partial charge in [-0.25, -0.2) is 4.98 Å². The molecule has 1 saturated carbocycles. The van der Waals surface area contributed by atoms with E-state index < -0.39 is 0 Å². The van der Waals surface area contributed by atoms with Crippen molar-refractivity contribution in [2.24, 2.45) is 0 Å². The van der Waals surface area contributed by atoms with Gasteiger partial charge in [-0.2, -0.15) is 0 Å². The van der Waals surface area contributed by atoms with Gasteiger partial charge in [-0.15, -0.1) is 0 Å². The zero-order chi connectivity index (χ0) is 14.9. The van der Waals surface area contributed by atoms with E-state index in [4.69, 9.17) is 5.73 Å². The molecule has 116 valence electrons. The first kappa shape index (κ1) is 14.6. The molecule has 2 aliphatic rings. The fraction of sp³-hybridized carbons (Fsp3) is 0.733. The highest BCUT2D eigenvalue weighted by molar-refractivity contribution is 7.18. The molecule has 1 saturated heterocycles. The van der Waals surface area contributed by atoms with Crippen LogP contribution in [0.15, 0.2) is 0 Å². The number of nitrogens with one attached hydrogen (secondary N) is 1. The van der Waals surface area contributed by atoms with Gasteiger partial charge in [0.15, 0.2) is 5.13 Å². The predicted octanol–water partition coefficient (Wildman–Crippen LogP) is 2.78. The fourth-order valence-corrected chi connectivity index (χ4v) is 4.25. The number of thiazole rings is 1. The number of anilines is 2. The van der Waals surface area contributed by atoms with Crippen LogP contribution in [0.4, 0.5) is 10.9 Å². The number of carbonyl (C=O) groups is 1. The van der Waals surface area contributed by atoms with E-state index in [0.717, 1.165) is 31.1 Å². The molecule has 1 aromatic heterocycles. The maximum absolute atomic E-state index is 12.5. The van der Waals surface area contributed by atoms with Gasteiger partial charge in [0.1, 0.15) is 10.7 Å². The van der Waals surface area contributed by atoms with E-state index in [1.807, 2.05) is 0 Å². The largest absolute Gasteiger partial charge is 0.382 e. The van der Waals surface area contributed by atoms with E-state index in [0.29, 0.717) is 10.7 Å². The highest BCUT2D eigenvalue weighted by Crippen LogP contribution is 2.33. The third kappa shape index (κ3) is 3.15. The Morgan fingerprint density at radius 1 is 1.24 bits per heavy atom. The maximum atomic E-state index is 12.5. The Kier molecular flexibility index (Phi) is 4.06. The molecular formula is C15H24N4OS. The topological polar surface area (TPSA) is 71.2 Å². The average molecular weight is 308 g/mol. The molecule has 6 heteroatoms. The van der Waals surface area contributed by atoms with E-state index >= 15 is 0 Å². The quantitative estimate of drug-likeness (QED) is 0.900. The van der Waals surface area contributed by atoms with E-state index in [2.05, 4.69) is 22.1 Å². The van der Waals surface area contributed by atoms with Crippen molar-refractivity contribution in [1.82, 2.24) is 10.3 Å². The first-order valence-electron chi connectivity index (χ1n) is 7.91. The van der Waals surface area contributed by atoms with Crippen LogP contribution in [0.25, 0.3) is 0 Å². The molecule has 1 aromatic rings. The number of hydrogen-bond donors (Lipinski definition) is 2. The number of nitrogen functional groups attached to an aromatic ring is 1. The maximum Gasteiger partial charge on any atom is 0.265 e. The second-order valence-electron chi connectivity index (χ2n) is 6.48. The molecular weight excluding hydrogens is 284 g/mol. The Balaban J connectivity index is 1.72. The summed E-state index contributed by atoms with van der Waals surface area (Å²) in [5.41, 5.74) is 5.91. The number of nitrogens with two attached hydrogens (primary N) is 1. The molecule has 0 aromatic carbocycles. The van der Waals surface area contributed by atoms with Crippen LogP contribution < -0.4 is 16.0 Å². The number of rotatable bonds is 3. The molecule has 0 atom stereocenters. The summed E-state index contributed by atoms with van der Waals surface area (Å²) in [6.07, 6.45) is 8.15. The van der Waals surface area contributed by atoms with Crippen molar-refractivity contribution in [3.63, 3.8) is 0 Å². The van der Waals surface area contributed by atoms with Crippen LogP contribution in [0.3, 0.4) is 0 Å². The Hall–Kier alpha value is -1.30. The van der Waals surface area contributed by atoms with Gasteiger partial charge in [0.25, 0.3) is 5.91 Å². The average Bonchev–Trinajstić information content (AvgIpc) is 3.06. The SMILES string of the molecule is CC1(NC(=O)c2sc(N3CCCCC3)nc2N)CCCC1. The number of aromatic nitrogens is 1. The van der Waals surface area contributed by atoms with Crippen molar-refractivity contribution in [1.29, 1.82) is 0 Å². The third-order valence-electron chi connectivity index (χ3n) is 4.60. The van der Waals surface area contributed by atoms with Crippen LogP contribution in [-0.2, 0) is 0 Å². The molecule has 0 bridgehead atoms. The fourth-order valence-electron chi connectivity index (χ4n) is 3.31. The zero-order valence-electron chi connectivity index (χ0n) is 12.7. The van der Waals surface area contributed by atoms with Gasteiger partial charge >= 0.3 is 0 Å². The lowest BCUT2D eigenvalue weighted by molar-refractivity contribution is 0.0913. The van der Waals surface area contributed by atoms with Gasteiger partial charge in [-0.3, -0.25) is 4.79 Å². The summed E-state index contributed by atoms with van der Waals surface area (Å²) in [6, 6.07) is 0. The summed E-state index contributed by atoms with van der Waals surface area (Å²) < 4.78 is 0. The van der Waals surface area contributed by atoms with Crippen molar-refractivity contribution in [3.8, 4) is 0 Å². The molecule has 3 rings (SSSR count). The third-order valence-corrected chi connectivity index (χ3v) is 5.73. The van der Waals surface area contributed by atoms with Crippen LogP contribution in [-0.4, -0.2) is 29.5 Å². The molecule has 3 N–H and O–H groups in total. The molecule has 0 spiro atoms. The molecule has 2 fully saturated rings. The summed E-state index contributed by atoms with van der Waals surface area (Å²) in [6.45, 7) is 4.16. The van der Waals surface area contributed by atoms with Gasteiger partial charge in [-0.1, -0.05) is 24.2 Å². The zero-order valence-corrected chi connectivity index (χ0v) is 13.5. The van der Waals surface area contributed by atoms with Crippen LogP contribution in [0.1, 0.15) is 61.5 Å². The van der Waals surface area contributed by atoms with E-state index in [-0.39, 0.29) is 11.4 Å². The number of amides is 1. The van der Waals surface area contributed by atoms with Gasteiger partial charge in [0.05, 0.1) is 0 Å². The molecule has 5 nitrogen and oxygen atoms in total. The minimum atomic E-state index is -0.0706. The van der Waals surface area contributed by atoms with Crippen molar-refractivity contribution < 1.29 is 4.79 Å².